The lowest BCUT2D eigenvalue weighted by Crippen LogP contribution is -1.86. The summed E-state index contributed by atoms with van der Waals surface area (Å²) in [4.78, 5) is 4.64. The lowest BCUT2D eigenvalue weighted by molar-refractivity contribution is 0.670. The van der Waals surface area contributed by atoms with Crippen LogP contribution in [0.1, 0.15) is 0 Å². The number of rotatable bonds is 1. The Kier molecular flexibility index (Phi) is 2.53. The average Bonchev–Trinajstić information content (AvgIpc) is 3.00. The molecule has 0 aliphatic carbocycles. The predicted molar refractivity (Wildman–Crippen MR) is 94.5 cm³/mol. The maximum atomic E-state index is 6.15. The summed E-state index contributed by atoms with van der Waals surface area (Å²) in [6.45, 7) is 0. The normalized spacial score (nSPS) is 11.5. The number of nitrogens with zero attached hydrogens (tertiary/aromatic N) is 1. The van der Waals surface area contributed by atoms with Gasteiger partial charge in [-0.1, -0.05) is 54.6 Å². The SMILES string of the molecule is c1ccc2c(-c3cccc4c3oc3ccccc34)nccc2c1. The smallest absolute Gasteiger partial charge is 0.144 e. The minimum absolute atomic E-state index is 0.901. The topological polar surface area (TPSA) is 26.0 Å². The van der Waals surface area contributed by atoms with Crippen LogP contribution in [0.3, 0.4) is 0 Å². The van der Waals surface area contributed by atoms with Crippen LogP contribution < -0.4 is 0 Å². The van der Waals surface area contributed by atoms with Crippen LogP contribution >= 0.6 is 0 Å². The van der Waals surface area contributed by atoms with E-state index in [2.05, 4.69) is 41.4 Å². The Labute approximate surface area is 133 Å². The number of furan rings is 1. The average molecular weight is 295 g/mol. The zero-order chi connectivity index (χ0) is 15.2. The number of fused-ring (bicyclic) bond motifs is 4. The molecule has 0 saturated carbocycles. The van der Waals surface area contributed by atoms with Crippen LogP contribution in [-0.4, -0.2) is 4.98 Å². The Morgan fingerprint density at radius 1 is 0.652 bits per heavy atom. The second kappa shape index (κ2) is 4.68. The zero-order valence-corrected chi connectivity index (χ0v) is 12.4. The van der Waals surface area contributed by atoms with E-state index in [1.54, 1.807) is 0 Å². The number of aromatic nitrogens is 1. The van der Waals surface area contributed by atoms with Gasteiger partial charge in [0.15, 0.2) is 0 Å². The standard InChI is InChI=1S/C21H13NO/c1-2-7-15-14(6-1)12-13-22-20(15)18-10-5-9-17-16-8-3-4-11-19(16)23-21(17)18/h1-13H. The number of para-hydroxylation sites is 2. The molecule has 0 unspecified atom stereocenters. The van der Waals surface area contributed by atoms with Gasteiger partial charge in [-0.2, -0.15) is 0 Å². The van der Waals surface area contributed by atoms with Crippen molar-refractivity contribution in [3.05, 3.63) is 79.0 Å². The fourth-order valence-electron chi connectivity index (χ4n) is 3.27. The van der Waals surface area contributed by atoms with Gasteiger partial charge in [-0.25, -0.2) is 0 Å². The Morgan fingerprint density at radius 2 is 1.43 bits per heavy atom. The van der Waals surface area contributed by atoms with Crippen molar-refractivity contribution in [2.45, 2.75) is 0 Å². The first-order valence-electron chi connectivity index (χ1n) is 7.66. The van der Waals surface area contributed by atoms with E-state index in [0.29, 0.717) is 0 Å². The third-order valence-corrected chi connectivity index (χ3v) is 4.33. The van der Waals surface area contributed by atoms with Crippen molar-refractivity contribution in [2.24, 2.45) is 0 Å². The van der Waals surface area contributed by atoms with E-state index in [9.17, 15) is 0 Å². The number of hydrogen-bond donors (Lipinski definition) is 0. The van der Waals surface area contributed by atoms with Crippen LogP contribution in [0.25, 0.3) is 44.0 Å². The van der Waals surface area contributed by atoms with Gasteiger partial charge < -0.3 is 4.42 Å². The molecule has 2 heteroatoms. The van der Waals surface area contributed by atoms with Crippen LogP contribution in [0.15, 0.2) is 83.4 Å². The van der Waals surface area contributed by atoms with E-state index in [4.69, 9.17) is 4.42 Å². The van der Waals surface area contributed by atoms with Crippen LogP contribution in [-0.2, 0) is 0 Å². The maximum Gasteiger partial charge on any atom is 0.144 e. The summed E-state index contributed by atoms with van der Waals surface area (Å²) in [5.74, 6) is 0. The van der Waals surface area contributed by atoms with Crippen molar-refractivity contribution in [2.75, 3.05) is 0 Å². The second-order valence-corrected chi connectivity index (χ2v) is 5.66. The minimum atomic E-state index is 0.901. The van der Waals surface area contributed by atoms with Crippen molar-refractivity contribution < 1.29 is 4.42 Å². The predicted octanol–water partition coefficient (Wildman–Crippen LogP) is 5.80. The van der Waals surface area contributed by atoms with Gasteiger partial charge in [-0.3, -0.25) is 4.98 Å². The maximum absolute atomic E-state index is 6.15. The number of benzene rings is 3. The van der Waals surface area contributed by atoms with Gasteiger partial charge >= 0.3 is 0 Å². The molecule has 0 aliphatic heterocycles. The Balaban J connectivity index is 1.93. The lowest BCUT2D eigenvalue weighted by Gasteiger charge is -2.06. The van der Waals surface area contributed by atoms with Gasteiger partial charge in [-0.05, 0) is 23.6 Å². The molecule has 0 bridgehead atoms. The molecule has 0 aliphatic rings. The largest absolute Gasteiger partial charge is 0.455 e. The summed E-state index contributed by atoms with van der Waals surface area (Å²) in [7, 11) is 0. The fourth-order valence-corrected chi connectivity index (χ4v) is 3.27. The number of pyridine rings is 1. The number of hydrogen-bond acceptors (Lipinski definition) is 2. The van der Waals surface area contributed by atoms with Crippen molar-refractivity contribution in [1.82, 2.24) is 4.98 Å². The van der Waals surface area contributed by atoms with E-state index < -0.39 is 0 Å². The first-order chi connectivity index (χ1) is 11.4. The van der Waals surface area contributed by atoms with E-state index in [1.807, 2.05) is 42.6 Å². The van der Waals surface area contributed by atoms with Crippen LogP contribution in [0.5, 0.6) is 0 Å². The van der Waals surface area contributed by atoms with Crippen molar-refractivity contribution in [3.63, 3.8) is 0 Å². The fraction of sp³-hybridized carbons (Fsp3) is 0. The monoisotopic (exact) mass is 295 g/mol. The second-order valence-electron chi connectivity index (χ2n) is 5.66. The molecule has 0 N–H and O–H groups in total. The quantitative estimate of drug-likeness (QED) is 0.390. The third-order valence-electron chi connectivity index (χ3n) is 4.33. The van der Waals surface area contributed by atoms with Gasteiger partial charge in [0.2, 0.25) is 0 Å². The molecule has 0 atom stereocenters. The molecule has 0 saturated heterocycles. The zero-order valence-electron chi connectivity index (χ0n) is 12.4. The van der Waals surface area contributed by atoms with Gasteiger partial charge in [0.25, 0.3) is 0 Å². The minimum Gasteiger partial charge on any atom is -0.455 e. The van der Waals surface area contributed by atoms with Crippen molar-refractivity contribution in [1.29, 1.82) is 0 Å². The Bertz CT molecular complexity index is 1160. The molecule has 0 spiro atoms. The first-order valence-corrected chi connectivity index (χ1v) is 7.66. The highest BCUT2D eigenvalue weighted by Gasteiger charge is 2.14. The van der Waals surface area contributed by atoms with Crippen molar-refractivity contribution >= 4 is 32.7 Å². The van der Waals surface area contributed by atoms with Gasteiger partial charge in [0.05, 0.1) is 5.69 Å². The highest BCUT2D eigenvalue weighted by atomic mass is 16.3. The molecule has 23 heavy (non-hydrogen) atoms. The van der Waals surface area contributed by atoms with E-state index in [1.165, 1.54) is 5.39 Å². The third kappa shape index (κ3) is 1.78. The van der Waals surface area contributed by atoms with Crippen LogP contribution in [0, 0.1) is 0 Å². The Hall–Kier alpha value is -3.13. The highest BCUT2D eigenvalue weighted by molar-refractivity contribution is 6.11. The summed E-state index contributed by atoms with van der Waals surface area (Å²) < 4.78 is 6.15. The van der Waals surface area contributed by atoms with Gasteiger partial charge in [-0.15, -0.1) is 0 Å². The molecule has 2 heterocycles. The summed E-state index contributed by atoms with van der Waals surface area (Å²) >= 11 is 0. The summed E-state index contributed by atoms with van der Waals surface area (Å²) in [5, 5.41) is 4.60. The molecule has 3 aromatic carbocycles. The van der Waals surface area contributed by atoms with E-state index in [0.717, 1.165) is 38.6 Å². The molecule has 5 rings (SSSR count). The molecule has 0 amide bonds. The lowest BCUT2D eigenvalue weighted by atomic mass is 10.0. The van der Waals surface area contributed by atoms with E-state index in [-0.39, 0.29) is 0 Å². The van der Waals surface area contributed by atoms with Gasteiger partial charge in [0, 0.05) is 27.9 Å². The highest BCUT2D eigenvalue weighted by Crippen LogP contribution is 2.37. The summed E-state index contributed by atoms with van der Waals surface area (Å²) in [6, 6.07) is 24.8. The van der Waals surface area contributed by atoms with Crippen LogP contribution in [0.2, 0.25) is 0 Å². The van der Waals surface area contributed by atoms with Crippen molar-refractivity contribution in [3.8, 4) is 11.3 Å². The molecule has 2 nitrogen and oxygen atoms in total. The molecule has 0 fully saturated rings. The molecular weight excluding hydrogens is 282 g/mol. The summed E-state index contributed by atoms with van der Waals surface area (Å²) in [5.41, 5.74) is 3.82. The van der Waals surface area contributed by atoms with Crippen LogP contribution in [0.4, 0.5) is 0 Å². The molecule has 2 aromatic heterocycles. The first kappa shape index (κ1) is 12.4. The van der Waals surface area contributed by atoms with Gasteiger partial charge in [0.1, 0.15) is 11.2 Å². The molecule has 5 aromatic rings. The molecule has 108 valence electrons. The molecule has 0 radical (unpaired) electrons. The molecular formula is C21H13NO. The van der Waals surface area contributed by atoms with E-state index >= 15 is 0 Å². The Morgan fingerprint density at radius 3 is 2.39 bits per heavy atom. The summed E-state index contributed by atoms with van der Waals surface area (Å²) in [6.07, 6.45) is 1.86.